The number of benzene rings is 3. The highest BCUT2D eigenvalue weighted by molar-refractivity contribution is 7.99. The predicted octanol–water partition coefficient (Wildman–Crippen LogP) is 4.93. The minimum atomic E-state index is -0.337. The summed E-state index contributed by atoms with van der Waals surface area (Å²) in [5.41, 5.74) is 2.14. The molecule has 0 saturated carbocycles. The van der Waals surface area contributed by atoms with Crippen LogP contribution in [-0.4, -0.2) is 46.8 Å². The molecule has 3 aromatic carbocycles. The summed E-state index contributed by atoms with van der Waals surface area (Å²) in [6, 6.07) is 18.4. The fourth-order valence-electron chi connectivity index (χ4n) is 4.03. The third kappa shape index (κ3) is 5.36. The first-order chi connectivity index (χ1) is 17.5. The summed E-state index contributed by atoms with van der Waals surface area (Å²) in [6.07, 6.45) is 0.216. The zero-order valence-corrected chi connectivity index (χ0v) is 21.4. The van der Waals surface area contributed by atoms with E-state index in [1.54, 1.807) is 51.3 Å². The molecule has 0 aliphatic carbocycles. The van der Waals surface area contributed by atoms with Gasteiger partial charge in [0.1, 0.15) is 18.0 Å². The van der Waals surface area contributed by atoms with Crippen molar-refractivity contribution in [2.24, 2.45) is 0 Å². The van der Waals surface area contributed by atoms with Crippen molar-refractivity contribution < 1.29 is 28.5 Å². The van der Waals surface area contributed by atoms with Crippen LogP contribution in [-0.2, 0) is 9.59 Å². The van der Waals surface area contributed by atoms with Gasteiger partial charge in [0.25, 0.3) is 0 Å². The van der Waals surface area contributed by atoms with Gasteiger partial charge in [-0.15, -0.1) is 11.8 Å². The van der Waals surface area contributed by atoms with Gasteiger partial charge in [0.2, 0.25) is 11.8 Å². The molecule has 2 amide bonds. The van der Waals surface area contributed by atoms with Crippen molar-refractivity contribution >= 4 is 35.0 Å². The number of hydrogen-bond donors (Lipinski definition) is 1. The number of hydrogen-bond acceptors (Lipinski definition) is 7. The maximum atomic E-state index is 13.5. The smallest absolute Gasteiger partial charge is 0.244 e. The van der Waals surface area contributed by atoms with E-state index in [4.69, 9.17) is 18.9 Å². The summed E-state index contributed by atoms with van der Waals surface area (Å²) in [7, 11) is 6.25. The minimum absolute atomic E-state index is 0.135. The number of carbonyl (C=O) groups is 2. The van der Waals surface area contributed by atoms with Gasteiger partial charge in [-0.25, -0.2) is 0 Å². The fraction of sp³-hybridized carbons (Fsp3) is 0.259. The summed E-state index contributed by atoms with van der Waals surface area (Å²) in [6.45, 7) is -0.135. The van der Waals surface area contributed by atoms with Crippen LogP contribution in [0.4, 0.5) is 11.4 Å². The Morgan fingerprint density at radius 3 is 2.39 bits per heavy atom. The zero-order chi connectivity index (χ0) is 25.7. The molecule has 1 heterocycles. The van der Waals surface area contributed by atoms with Crippen LogP contribution in [0, 0.1) is 0 Å². The van der Waals surface area contributed by atoms with Crippen LogP contribution < -0.4 is 29.2 Å². The molecule has 36 heavy (non-hydrogen) atoms. The number of methoxy groups -OCH3 is 4. The van der Waals surface area contributed by atoms with Crippen LogP contribution >= 0.6 is 11.8 Å². The van der Waals surface area contributed by atoms with Crippen molar-refractivity contribution in [2.45, 2.75) is 16.6 Å². The van der Waals surface area contributed by atoms with E-state index < -0.39 is 0 Å². The first-order valence-corrected chi connectivity index (χ1v) is 12.1. The summed E-state index contributed by atoms with van der Waals surface area (Å²) >= 11 is 1.59. The van der Waals surface area contributed by atoms with E-state index in [1.165, 1.54) is 12.0 Å². The molecular formula is C27H28N2O6S. The highest BCUT2D eigenvalue weighted by atomic mass is 32.2. The number of carbonyl (C=O) groups excluding carboxylic acids is 2. The largest absolute Gasteiger partial charge is 0.497 e. The molecule has 0 saturated heterocycles. The van der Waals surface area contributed by atoms with Crippen molar-refractivity contribution in [2.75, 3.05) is 45.2 Å². The molecular weight excluding hydrogens is 480 g/mol. The Hall–Kier alpha value is -3.85. The van der Waals surface area contributed by atoms with E-state index in [0.717, 1.165) is 10.5 Å². The molecule has 1 aliphatic rings. The third-order valence-corrected chi connectivity index (χ3v) is 7.17. The number of nitrogens with zero attached hydrogens (tertiary/aromatic N) is 1. The normalized spacial score (nSPS) is 14.9. The first kappa shape index (κ1) is 25.2. The number of rotatable bonds is 8. The van der Waals surface area contributed by atoms with E-state index >= 15 is 0 Å². The lowest BCUT2D eigenvalue weighted by Gasteiger charge is -2.22. The second-order valence-corrected chi connectivity index (χ2v) is 9.23. The third-order valence-electron chi connectivity index (χ3n) is 5.85. The van der Waals surface area contributed by atoms with Crippen LogP contribution in [0.25, 0.3) is 0 Å². The molecule has 188 valence electrons. The Balaban J connectivity index is 1.58. The van der Waals surface area contributed by atoms with E-state index in [0.29, 0.717) is 34.4 Å². The number of nitrogens with one attached hydrogen (secondary N) is 1. The van der Waals surface area contributed by atoms with Gasteiger partial charge in [-0.3, -0.25) is 9.59 Å². The zero-order valence-electron chi connectivity index (χ0n) is 20.6. The van der Waals surface area contributed by atoms with Crippen molar-refractivity contribution in [1.82, 2.24) is 0 Å². The van der Waals surface area contributed by atoms with Crippen LogP contribution in [0.5, 0.6) is 23.0 Å². The monoisotopic (exact) mass is 508 g/mol. The number of fused-ring (bicyclic) bond motifs is 1. The molecule has 0 fully saturated rings. The maximum Gasteiger partial charge on any atom is 0.244 e. The Morgan fingerprint density at radius 1 is 0.917 bits per heavy atom. The number of para-hydroxylation sites is 1. The molecule has 1 N–H and O–H groups in total. The van der Waals surface area contributed by atoms with Crippen molar-refractivity contribution in [1.29, 1.82) is 0 Å². The SMILES string of the molecule is COc1ccc(NC(=O)CN2C(=O)C[C@H](c3ccc(OC)c(OC)c3)Sc3ccccc32)c(OC)c1. The van der Waals surface area contributed by atoms with Gasteiger partial charge in [-0.1, -0.05) is 18.2 Å². The molecule has 0 bridgehead atoms. The Morgan fingerprint density at radius 2 is 1.67 bits per heavy atom. The van der Waals surface area contributed by atoms with Crippen molar-refractivity contribution in [3.8, 4) is 23.0 Å². The lowest BCUT2D eigenvalue weighted by molar-refractivity contribution is -0.121. The van der Waals surface area contributed by atoms with Gasteiger partial charge in [-0.05, 0) is 42.0 Å². The molecule has 0 spiro atoms. The van der Waals surface area contributed by atoms with Gasteiger partial charge < -0.3 is 29.2 Å². The van der Waals surface area contributed by atoms with Crippen molar-refractivity contribution in [3.63, 3.8) is 0 Å². The molecule has 0 aromatic heterocycles. The average molecular weight is 509 g/mol. The number of amides is 2. The van der Waals surface area contributed by atoms with Crippen LogP contribution in [0.15, 0.2) is 65.6 Å². The van der Waals surface area contributed by atoms with E-state index in [-0.39, 0.29) is 30.0 Å². The summed E-state index contributed by atoms with van der Waals surface area (Å²) in [5.74, 6) is 1.82. The second-order valence-electron chi connectivity index (χ2n) is 7.99. The molecule has 3 aromatic rings. The van der Waals surface area contributed by atoms with Crippen LogP contribution in [0.2, 0.25) is 0 Å². The van der Waals surface area contributed by atoms with Crippen LogP contribution in [0.1, 0.15) is 17.2 Å². The van der Waals surface area contributed by atoms with Crippen LogP contribution in [0.3, 0.4) is 0 Å². The molecule has 0 radical (unpaired) electrons. The van der Waals surface area contributed by atoms with Gasteiger partial charge in [0, 0.05) is 22.6 Å². The highest BCUT2D eigenvalue weighted by Gasteiger charge is 2.31. The maximum absolute atomic E-state index is 13.5. The number of anilines is 2. The quantitative estimate of drug-likeness (QED) is 0.462. The van der Waals surface area contributed by atoms with Gasteiger partial charge in [-0.2, -0.15) is 0 Å². The summed E-state index contributed by atoms with van der Waals surface area (Å²) in [5, 5.41) is 2.69. The molecule has 1 atom stereocenters. The molecule has 0 unspecified atom stereocenters. The number of ether oxygens (including phenoxy) is 4. The minimum Gasteiger partial charge on any atom is -0.497 e. The highest BCUT2D eigenvalue weighted by Crippen LogP contribution is 2.46. The Labute approximate surface area is 214 Å². The average Bonchev–Trinajstić information content (AvgIpc) is 3.04. The lowest BCUT2D eigenvalue weighted by atomic mass is 10.1. The predicted molar refractivity (Wildman–Crippen MR) is 140 cm³/mol. The summed E-state index contributed by atoms with van der Waals surface area (Å²) < 4.78 is 21.4. The molecule has 1 aliphatic heterocycles. The van der Waals surface area contributed by atoms with Crippen molar-refractivity contribution in [3.05, 3.63) is 66.2 Å². The Bertz CT molecular complexity index is 1260. The summed E-state index contributed by atoms with van der Waals surface area (Å²) in [4.78, 5) is 29.0. The molecule has 9 heteroatoms. The topological polar surface area (TPSA) is 86.3 Å². The van der Waals surface area contributed by atoms with E-state index in [2.05, 4.69) is 5.32 Å². The molecule has 4 rings (SSSR count). The van der Waals surface area contributed by atoms with Gasteiger partial charge >= 0.3 is 0 Å². The van der Waals surface area contributed by atoms with Gasteiger partial charge in [0.15, 0.2) is 11.5 Å². The fourth-order valence-corrected chi connectivity index (χ4v) is 5.30. The van der Waals surface area contributed by atoms with E-state index in [9.17, 15) is 9.59 Å². The lowest BCUT2D eigenvalue weighted by Crippen LogP contribution is -2.38. The number of thioether (sulfide) groups is 1. The second kappa shape index (κ2) is 11.3. The van der Waals surface area contributed by atoms with Gasteiger partial charge in [0.05, 0.1) is 39.8 Å². The molecule has 8 nitrogen and oxygen atoms in total. The Kier molecular flexibility index (Phi) is 7.90. The standard InChI is InChI=1S/C27H28N2O6S/c1-32-18-10-11-19(22(14-18)34-3)28-26(30)16-29-20-7-5-6-8-24(20)36-25(15-27(29)31)17-9-12-21(33-2)23(13-17)35-4/h5-14,25H,15-16H2,1-4H3,(H,28,30)/t25-/m1/s1. The first-order valence-electron chi connectivity index (χ1n) is 11.3. The van der Waals surface area contributed by atoms with E-state index in [1.807, 2.05) is 42.5 Å².